The summed E-state index contributed by atoms with van der Waals surface area (Å²) < 4.78 is 1.91. The van der Waals surface area contributed by atoms with Crippen molar-refractivity contribution in [2.24, 2.45) is 11.8 Å². The maximum absolute atomic E-state index is 11.8. The number of aromatic nitrogens is 2. The number of rotatable bonds is 3. The van der Waals surface area contributed by atoms with E-state index in [-0.39, 0.29) is 31.1 Å². The lowest BCUT2D eigenvalue weighted by Crippen LogP contribution is -2.35. The molecule has 100 valence electrons. The molecule has 0 unspecified atom stereocenters. The van der Waals surface area contributed by atoms with E-state index in [1.54, 1.807) is 0 Å². The summed E-state index contributed by atoms with van der Waals surface area (Å²) in [6.45, 7) is 0.0332. The molecule has 1 fully saturated rings. The largest absolute Gasteiger partial charge is 0.396 e. The van der Waals surface area contributed by atoms with E-state index >= 15 is 0 Å². The van der Waals surface area contributed by atoms with Crippen molar-refractivity contribution in [1.82, 2.24) is 9.55 Å². The van der Waals surface area contributed by atoms with Gasteiger partial charge in [0.1, 0.15) is 0 Å². The Kier molecular flexibility index (Phi) is 4.23. The average Bonchev–Trinajstić information content (AvgIpc) is 2.77. The Morgan fingerprint density at radius 2 is 2.06 bits per heavy atom. The van der Waals surface area contributed by atoms with Crippen LogP contribution in [0.1, 0.15) is 18.9 Å². The summed E-state index contributed by atoms with van der Waals surface area (Å²) in [4.78, 5) is 25.4. The third-order valence-electron chi connectivity index (χ3n) is 3.53. The van der Waals surface area contributed by atoms with Gasteiger partial charge in [-0.2, -0.15) is 0 Å². The van der Waals surface area contributed by atoms with Gasteiger partial charge in [0.25, 0.3) is 5.56 Å². The summed E-state index contributed by atoms with van der Waals surface area (Å²) in [5, 5.41) is 18.5. The SMILES string of the molecule is O=c1[nH]c(=O)n([C@H]2C[C@@H](CO)C[C@@H]2CO)cc1I. The van der Waals surface area contributed by atoms with Crippen LogP contribution in [0, 0.1) is 15.4 Å². The number of aliphatic hydroxyl groups excluding tert-OH is 2. The molecule has 0 aromatic carbocycles. The Bertz CT molecular complexity index is 539. The van der Waals surface area contributed by atoms with Gasteiger partial charge in [-0.1, -0.05) is 0 Å². The van der Waals surface area contributed by atoms with Crippen molar-refractivity contribution in [2.45, 2.75) is 18.9 Å². The number of aliphatic hydroxyl groups is 2. The first-order valence-electron chi connectivity index (χ1n) is 5.79. The highest BCUT2D eigenvalue weighted by molar-refractivity contribution is 14.1. The second kappa shape index (κ2) is 5.54. The summed E-state index contributed by atoms with van der Waals surface area (Å²) in [6.07, 6.45) is 2.86. The molecule has 1 aromatic rings. The number of aromatic amines is 1. The summed E-state index contributed by atoms with van der Waals surface area (Å²) in [7, 11) is 0. The molecule has 0 spiro atoms. The Morgan fingerprint density at radius 1 is 1.33 bits per heavy atom. The first-order valence-corrected chi connectivity index (χ1v) is 6.87. The average molecular weight is 366 g/mol. The number of hydrogen-bond donors (Lipinski definition) is 3. The van der Waals surface area contributed by atoms with Gasteiger partial charge in [-0.25, -0.2) is 4.79 Å². The van der Waals surface area contributed by atoms with Crippen LogP contribution in [0.3, 0.4) is 0 Å². The van der Waals surface area contributed by atoms with Gasteiger partial charge in [0, 0.05) is 31.4 Å². The first kappa shape index (κ1) is 13.8. The molecule has 0 amide bonds. The van der Waals surface area contributed by atoms with Crippen LogP contribution in [0.4, 0.5) is 0 Å². The fourth-order valence-electron chi connectivity index (χ4n) is 2.61. The van der Waals surface area contributed by atoms with Crippen molar-refractivity contribution in [2.75, 3.05) is 13.2 Å². The van der Waals surface area contributed by atoms with Gasteiger partial charge in [0.2, 0.25) is 0 Å². The van der Waals surface area contributed by atoms with Gasteiger partial charge in [0.05, 0.1) is 3.57 Å². The molecule has 1 aliphatic carbocycles. The fourth-order valence-corrected chi connectivity index (χ4v) is 3.04. The van der Waals surface area contributed by atoms with Gasteiger partial charge in [0.15, 0.2) is 0 Å². The maximum atomic E-state index is 11.8. The minimum Gasteiger partial charge on any atom is -0.396 e. The zero-order chi connectivity index (χ0) is 13.3. The van der Waals surface area contributed by atoms with E-state index in [0.29, 0.717) is 16.4 Å². The fraction of sp³-hybridized carbons (Fsp3) is 0.636. The quantitative estimate of drug-likeness (QED) is 0.640. The van der Waals surface area contributed by atoms with Gasteiger partial charge in [-0.15, -0.1) is 0 Å². The molecule has 1 aromatic heterocycles. The topological polar surface area (TPSA) is 95.3 Å². The molecule has 3 atom stereocenters. The van der Waals surface area contributed by atoms with Gasteiger partial charge in [-0.3, -0.25) is 14.3 Å². The summed E-state index contributed by atoms with van der Waals surface area (Å²) in [5.41, 5.74) is -0.850. The summed E-state index contributed by atoms with van der Waals surface area (Å²) in [6, 6.07) is -0.162. The molecular formula is C11H15IN2O4. The van der Waals surface area contributed by atoms with Crippen LogP contribution in [-0.4, -0.2) is 33.0 Å². The van der Waals surface area contributed by atoms with Crippen molar-refractivity contribution in [1.29, 1.82) is 0 Å². The molecule has 7 heteroatoms. The standard InChI is InChI=1S/C11H15IN2O4/c12-8-3-14(11(18)13-10(8)17)9-2-6(4-15)1-7(9)5-16/h3,6-7,9,15-16H,1-2,4-5H2,(H,13,17,18)/t6-,7+,9-/m0/s1. The van der Waals surface area contributed by atoms with Crippen molar-refractivity contribution in [3.8, 4) is 0 Å². The normalized spacial score (nSPS) is 27.6. The highest BCUT2D eigenvalue weighted by atomic mass is 127. The predicted molar refractivity (Wildman–Crippen MR) is 73.5 cm³/mol. The van der Waals surface area contributed by atoms with Crippen LogP contribution in [0.5, 0.6) is 0 Å². The Labute approximate surface area is 117 Å². The zero-order valence-corrected chi connectivity index (χ0v) is 11.8. The molecule has 1 heterocycles. The molecule has 0 radical (unpaired) electrons. The molecule has 18 heavy (non-hydrogen) atoms. The van der Waals surface area contributed by atoms with Crippen LogP contribution in [-0.2, 0) is 0 Å². The van der Waals surface area contributed by atoms with Crippen molar-refractivity contribution in [3.63, 3.8) is 0 Å². The van der Waals surface area contributed by atoms with Gasteiger partial charge in [-0.05, 0) is 41.4 Å². The minimum absolute atomic E-state index is 0.0245. The zero-order valence-electron chi connectivity index (χ0n) is 9.67. The number of nitrogens with one attached hydrogen (secondary N) is 1. The number of H-pyrrole nitrogens is 1. The van der Waals surface area contributed by atoms with Crippen molar-refractivity contribution < 1.29 is 10.2 Å². The molecule has 2 rings (SSSR count). The lowest BCUT2D eigenvalue weighted by Gasteiger charge is -2.19. The van der Waals surface area contributed by atoms with E-state index in [4.69, 9.17) is 0 Å². The van der Waals surface area contributed by atoms with Crippen molar-refractivity contribution in [3.05, 3.63) is 30.6 Å². The Morgan fingerprint density at radius 3 is 2.67 bits per heavy atom. The molecule has 1 aliphatic rings. The monoisotopic (exact) mass is 366 g/mol. The summed E-state index contributed by atoms with van der Waals surface area (Å²) in [5.74, 6) is 0.0465. The number of nitrogens with zero attached hydrogens (tertiary/aromatic N) is 1. The highest BCUT2D eigenvalue weighted by Gasteiger charge is 2.35. The van der Waals surface area contributed by atoms with Crippen LogP contribution in [0.25, 0.3) is 0 Å². The van der Waals surface area contributed by atoms with E-state index in [9.17, 15) is 19.8 Å². The Hall–Kier alpha value is -0.670. The van der Waals surface area contributed by atoms with E-state index < -0.39 is 11.2 Å². The van der Waals surface area contributed by atoms with Crippen molar-refractivity contribution >= 4 is 22.6 Å². The molecule has 1 saturated carbocycles. The molecule has 0 saturated heterocycles. The van der Waals surface area contributed by atoms with Crippen LogP contribution >= 0.6 is 22.6 Å². The maximum Gasteiger partial charge on any atom is 0.328 e. The van der Waals surface area contributed by atoms with Crippen LogP contribution < -0.4 is 11.2 Å². The third kappa shape index (κ3) is 2.52. The second-order valence-corrected chi connectivity index (χ2v) is 5.84. The molecule has 3 N–H and O–H groups in total. The Balaban J connectivity index is 2.39. The number of halogens is 1. The van der Waals surface area contributed by atoms with E-state index in [1.165, 1.54) is 10.8 Å². The second-order valence-electron chi connectivity index (χ2n) is 4.67. The minimum atomic E-state index is -0.456. The third-order valence-corrected chi connectivity index (χ3v) is 4.30. The summed E-state index contributed by atoms with van der Waals surface area (Å²) >= 11 is 1.87. The van der Waals surface area contributed by atoms with E-state index in [0.717, 1.165) is 0 Å². The lowest BCUT2D eigenvalue weighted by molar-refractivity contribution is 0.187. The smallest absolute Gasteiger partial charge is 0.328 e. The molecule has 0 aliphatic heterocycles. The van der Waals surface area contributed by atoms with E-state index in [1.807, 2.05) is 22.6 Å². The number of hydrogen-bond acceptors (Lipinski definition) is 4. The highest BCUT2D eigenvalue weighted by Crippen LogP contribution is 2.38. The lowest BCUT2D eigenvalue weighted by atomic mass is 10.0. The van der Waals surface area contributed by atoms with Gasteiger partial charge >= 0.3 is 5.69 Å². The van der Waals surface area contributed by atoms with Crippen LogP contribution in [0.2, 0.25) is 0 Å². The molecule has 0 bridgehead atoms. The first-order chi connectivity index (χ1) is 8.56. The van der Waals surface area contributed by atoms with E-state index in [2.05, 4.69) is 4.98 Å². The van der Waals surface area contributed by atoms with Crippen LogP contribution in [0.15, 0.2) is 15.8 Å². The van der Waals surface area contributed by atoms with Gasteiger partial charge < -0.3 is 10.2 Å². The molecular weight excluding hydrogens is 351 g/mol. The predicted octanol–water partition coefficient (Wildman–Crippen LogP) is -0.307. The molecule has 6 nitrogen and oxygen atoms in total.